The number of hydrogen-bond donors (Lipinski definition) is 2. The fourth-order valence-electron chi connectivity index (χ4n) is 2.76. The molecular formula is C14H23N3O4. The third kappa shape index (κ3) is 3.72. The lowest BCUT2D eigenvalue weighted by atomic mass is 9.79. The summed E-state index contributed by atoms with van der Waals surface area (Å²) in [6, 6.07) is -0.458. The first kappa shape index (κ1) is 15.8. The van der Waals surface area contributed by atoms with Crippen molar-refractivity contribution in [2.75, 3.05) is 26.7 Å². The van der Waals surface area contributed by atoms with Gasteiger partial charge in [0, 0.05) is 13.6 Å². The Balaban J connectivity index is 1.80. The van der Waals surface area contributed by atoms with Gasteiger partial charge in [0.05, 0.1) is 5.60 Å². The third-order valence-electron chi connectivity index (χ3n) is 4.35. The van der Waals surface area contributed by atoms with Crippen molar-refractivity contribution in [2.24, 2.45) is 5.92 Å². The van der Waals surface area contributed by atoms with E-state index in [9.17, 15) is 19.5 Å². The van der Waals surface area contributed by atoms with Crippen molar-refractivity contribution in [3.8, 4) is 0 Å². The monoisotopic (exact) mass is 297 g/mol. The molecule has 7 heteroatoms. The van der Waals surface area contributed by atoms with Crippen molar-refractivity contribution in [3.63, 3.8) is 0 Å². The van der Waals surface area contributed by atoms with E-state index in [4.69, 9.17) is 0 Å². The van der Waals surface area contributed by atoms with Crippen molar-refractivity contribution in [1.29, 1.82) is 0 Å². The number of rotatable bonds is 4. The summed E-state index contributed by atoms with van der Waals surface area (Å²) in [6.07, 6.45) is 3.22. The molecule has 2 N–H and O–H groups in total. The zero-order chi connectivity index (χ0) is 15.6. The molecule has 7 nitrogen and oxygen atoms in total. The number of urea groups is 1. The van der Waals surface area contributed by atoms with Crippen molar-refractivity contribution in [1.82, 2.24) is 15.1 Å². The summed E-state index contributed by atoms with van der Waals surface area (Å²) >= 11 is 0. The van der Waals surface area contributed by atoms with Crippen LogP contribution >= 0.6 is 0 Å². The van der Waals surface area contributed by atoms with Gasteiger partial charge in [-0.15, -0.1) is 0 Å². The summed E-state index contributed by atoms with van der Waals surface area (Å²) < 4.78 is 0. The minimum atomic E-state index is -0.863. The van der Waals surface area contributed by atoms with Crippen molar-refractivity contribution >= 4 is 17.8 Å². The molecule has 2 aliphatic rings. The standard InChI is InChI=1S/C14H23N3O4/c1-10-3-5-14(21,6-4-10)9-15-11(18)7-17-12(19)8-16(2)13(17)20/h10,21H,3-9H2,1-2H3,(H,15,18). The van der Waals surface area contributed by atoms with Gasteiger partial charge in [0.2, 0.25) is 5.91 Å². The fourth-order valence-corrected chi connectivity index (χ4v) is 2.76. The lowest BCUT2D eigenvalue weighted by molar-refractivity contribution is -0.131. The predicted molar refractivity (Wildman–Crippen MR) is 75.3 cm³/mol. The molecule has 0 aromatic heterocycles. The van der Waals surface area contributed by atoms with Gasteiger partial charge in [-0.05, 0) is 31.6 Å². The average molecular weight is 297 g/mol. The van der Waals surface area contributed by atoms with Crippen LogP contribution in [-0.4, -0.2) is 65.0 Å². The van der Waals surface area contributed by atoms with E-state index < -0.39 is 17.5 Å². The van der Waals surface area contributed by atoms with Gasteiger partial charge < -0.3 is 15.3 Å². The van der Waals surface area contributed by atoms with E-state index in [0.29, 0.717) is 18.8 Å². The molecule has 118 valence electrons. The van der Waals surface area contributed by atoms with Crippen LogP contribution in [0.1, 0.15) is 32.6 Å². The highest BCUT2D eigenvalue weighted by Crippen LogP contribution is 2.31. The first-order valence-corrected chi connectivity index (χ1v) is 7.35. The van der Waals surface area contributed by atoms with Crippen LogP contribution in [0.2, 0.25) is 0 Å². The normalized spacial score (nSPS) is 30.0. The van der Waals surface area contributed by atoms with Crippen molar-refractivity contribution < 1.29 is 19.5 Å². The molecule has 21 heavy (non-hydrogen) atoms. The highest BCUT2D eigenvalue weighted by atomic mass is 16.3. The number of carbonyl (C=O) groups excluding carboxylic acids is 3. The minimum Gasteiger partial charge on any atom is -0.388 e. The lowest BCUT2D eigenvalue weighted by Gasteiger charge is -2.35. The van der Waals surface area contributed by atoms with Crippen LogP contribution in [0.3, 0.4) is 0 Å². The number of imide groups is 1. The molecule has 1 aliphatic heterocycles. The summed E-state index contributed by atoms with van der Waals surface area (Å²) in [7, 11) is 1.52. The van der Waals surface area contributed by atoms with Gasteiger partial charge in [-0.1, -0.05) is 6.92 Å². The number of likely N-dealkylation sites (N-methyl/N-ethyl adjacent to an activating group) is 1. The Morgan fingerprint density at radius 2 is 2.00 bits per heavy atom. The summed E-state index contributed by atoms with van der Waals surface area (Å²) in [5.74, 6) is -0.182. The maximum Gasteiger partial charge on any atom is 0.327 e. The van der Waals surface area contributed by atoms with E-state index in [0.717, 1.165) is 17.7 Å². The molecule has 4 amide bonds. The molecule has 0 radical (unpaired) electrons. The molecule has 0 spiro atoms. The van der Waals surface area contributed by atoms with Gasteiger partial charge in [-0.25, -0.2) is 4.79 Å². The SMILES string of the molecule is CC1CCC(O)(CNC(=O)CN2C(=O)CN(C)C2=O)CC1. The van der Waals surface area contributed by atoms with Crippen LogP contribution in [0, 0.1) is 5.92 Å². The Kier molecular flexibility index (Phi) is 4.51. The van der Waals surface area contributed by atoms with Gasteiger partial charge in [0.25, 0.3) is 5.91 Å². The van der Waals surface area contributed by atoms with Crippen LogP contribution in [0.15, 0.2) is 0 Å². The van der Waals surface area contributed by atoms with E-state index in [-0.39, 0.29) is 25.5 Å². The molecule has 1 heterocycles. The van der Waals surface area contributed by atoms with Crippen LogP contribution < -0.4 is 5.32 Å². The average Bonchev–Trinajstić information content (AvgIpc) is 2.67. The van der Waals surface area contributed by atoms with Gasteiger partial charge in [0.1, 0.15) is 13.1 Å². The maximum absolute atomic E-state index is 11.9. The van der Waals surface area contributed by atoms with Crippen LogP contribution in [0.4, 0.5) is 4.79 Å². The lowest BCUT2D eigenvalue weighted by Crippen LogP contribution is -2.48. The Labute approximate surface area is 124 Å². The number of nitrogens with one attached hydrogen (secondary N) is 1. The van der Waals surface area contributed by atoms with Gasteiger partial charge >= 0.3 is 6.03 Å². The molecule has 2 fully saturated rings. The number of nitrogens with zero attached hydrogens (tertiary/aromatic N) is 2. The second-order valence-electron chi connectivity index (χ2n) is 6.30. The molecule has 2 rings (SSSR count). The van der Waals surface area contributed by atoms with E-state index in [1.807, 2.05) is 0 Å². The molecule has 0 aromatic carbocycles. The Morgan fingerprint density at radius 3 is 2.52 bits per heavy atom. The fraction of sp³-hybridized carbons (Fsp3) is 0.786. The molecule has 1 saturated carbocycles. The summed E-state index contributed by atoms with van der Waals surface area (Å²) in [4.78, 5) is 37.3. The first-order chi connectivity index (χ1) is 9.81. The first-order valence-electron chi connectivity index (χ1n) is 7.35. The second-order valence-corrected chi connectivity index (χ2v) is 6.30. The molecule has 1 aliphatic carbocycles. The highest BCUT2D eigenvalue weighted by molar-refractivity contribution is 6.04. The second kappa shape index (κ2) is 6.01. The maximum atomic E-state index is 11.9. The van der Waals surface area contributed by atoms with E-state index in [2.05, 4.69) is 12.2 Å². The molecule has 1 saturated heterocycles. The van der Waals surface area contributed by atoms with Gasteiger partial charge in [-0.2, -0.15) is 0 Å². The highest BCUT2D eigenvalue weighted by Gasteiger charge is 2.36. The Morgan fingerprint density at radius 1 is 1.38 bits per heavy atom. The van der Waals surface area contributed by atoms with Gasteiger partial charge in [0.15, 0.2) is 0 Å². The van der Waals surface area contributed by atoms with Crippen molar-refractivity contribution in [2.45, 2.75) is 38.2 Å². The van der Waals surface area contributed by atoms with Crippen LogP contribution in [0.5, 0.6) is 0 Å². The van der Waals surface area contributed by atoms with E-state index in [1.54, 1.807) is 0 Å². The molecule has 0 unspecified atom stereocenters. The smallest absolute Gasteiger partial charge is 0.327 e. The zero-order valence-electron chi connectivity index (χ0n) is 12.6. The van der Waals surface area contributed by atoms with E-state index >= 15 is 0 Å². The predicted octanol–water partition coefficient (Wildman–Crippen LogP) is -0.0622. The van der Waals surface area contributed by atoms with Gasteiger partial charge in [-0.3, -0.25) is 14.5 Å². The number of carbonyl (C=O) groups is 3. The summed E-state index contributed by atoms with van der Waals surface area (Å²) in [5, 5.41) is 13.0. The number of aliphatic hydroxyl groups is 1. The Bertz CT molecular complexity index is 444. The molecule has 0 atom stereocenters. The third-order valence-corrected chi connectivity index (χ3v) is 4.35. The van der Waals surface area contributed by atoms with E-state index in [1.165, 1.54) is 11.9 Å². The number of amides is 4. The summed E-state index contributed by atoms with van der Waals surface area (Å²) in [5.41, 5.74) is -0.863. The summed E-state index contributed by atoms with van der Waals surface area (Å²) in [6.45, 7) is 2.05. The molecule has 0 aromatic rings. The zero-order valence-corrected chi connectivity index (χ0v) is 12.6. The number of hydrogen-bond acceptors (Lipinski definition) is 4. The quantitative estimate of drug-likeness (QED) is 0.711. The van der Waals surface area contributed by atoms with Crippen LogP contribution in [0.25, 0.3) is 0 Å². The minimum absolute atomic E-state index is 0.00788. The van der Waals surface area contributed by atoms with Crippen LogP contribution in [-0.2, 0) is 9.59 Å². The van der Waals surface area contributed by atoms with Crippen molar-refractivity contribution in [3.05, 3.63) is 0 Å². The Hall–Kier alpha value is -1.63. The molecular weight excluding hydrogens is 274 g/mol. The topological polar surface area (TPSA) is 89.9 Å². The largest absolute Gasteiger partial charge is 0.388 e. The molecule has 0 bridgehead atoms.